The quantitative estimate of drug-likeness (QED) is 0.658. The van der Waals surface area contributed by atoms with Gasteiger partial charge in [0, 0.05) is 17.9 Å². The maximum Gasteiger partial charge on any atom is 0.414 e. The van der Waals surface area contributed by atoms with Crippen LogP contribution < -0.4 is 9.80 Å². The molecule has 2 saturated heterocycles. The minimum Gasteiger partial charge on any atom is -0.481 e. The average Bonchev–Trinajstić information content (AvgIpc) is 3.20. The van der Waals surface area contributed by atoms with Gasteiger partial charge in [0.1, 0.15) is 6.61 Å². The van der Waals surface area contributed by atoms with Crippen LogP contribution in [0.1, 0.15) is 5.56 Å². The summed E-state index contributed by atoms with van der Waals surface area (Å²) in [6.45, 7) is 0.145. The van der Waals surface area contributed by atoms with Gasteiger partial charge in [-0.1, -0.05) is 35.3 Å². The molecule has 1 unspecified atom stereocenters. The first-order chi connectivity index (χ1) is 15.3. The summed E-state index contributed by atoms with van der Waals surface area (Å²) in [7, 11) is 0. The van der Waals surface area contributed by atoms with Crippen molar-refractivity contribution in [2.45, 2.75) is 6.54 Å². The van der Waals surface area contributed by atoms with Crippen molar-refractivity contribution in [1.82, 2.24) is 4.90 Å². The van der Waals surface area contributed by atoms with Crippen LogP contribution in [0.15, 0.2) is 42.5 Å². The van der Waals surface area contributed by atoms with E-state index in [4.69, 9.17) is 27.9 Å². The highest BCUT2D eigenvalue weighted by molar-refractivity contribution is 6.42. The fourth-order valence-corrected chi connectivity index (χ4v) is 3.97. The molecule has 2 aliphatic heterocycles. The van der Waals surface area contributed by atoms with E-state index in [1.165, 1.54) is 9.80 Å². The van der Waals surface area contributed by atoms with Gasteiger partial charge in [0.25, 0.3) is 0 Å². The van der Waals surface area contributed by atoms with E-state index in [0.29, 0.717) is 23.5 Å². The molecule has 2 fully saturated rings. The summed E-state index contributed by atoms with van der Waals surface area (Å²) < 4.78 is 4.92. The smallest absolute Gasteiger partial charge is 0.414 e. The molecule has 1 atom stereocenters. The number of carbonyl (C=O) groups excluding carboxylic acids is 3. The maximum absolute atomic E-state index is 13.2. The average molecular weight is 478 g/mol. The summed E-state index contributed by atoms with van der Waals surface area (Å²) in [6, 6.07) is 10.5. The first-order valence-electron chi connectivity index (χ1n) is 9.61. The van der Waals surface area contributed by atoms with Gasteiger partial charge in [0.05, 0.1) is 23.1 Å². The molecular formula is C21H17Cl2N3O6. The van der Waals surface area contributed by atoms with Crippen molar-refractivity contribution >= 4 is 58.6 Å². The lowest BCUT2D eigenvalue weighted by Crippen LogP contribution is -2.58. The largest absolute Gasteiger partial charge is 0.481 e. The summed E-state index contributed by atoms with van der Waals surface area (Å²) >= 11 is 12.2. The number of halogens is 2. The molecule has 0 bridgehead atoms. The highest BCUT2D eigenvalue weighted by Crippen LogP contribution is 2.31. The number of carboxylic acid groups (broad SMARTS) is 1. The molecule has 11 heteroatoms. The van der Waals surface area contributed by atoms with Crippen LogP contribution in [-0.2, 0) is 20.9 Å². The molecule has 0 radical (unpaired) electrons. The van der Waals surface area contributed by atoms with Crippen LogP contribution in [0.2, 0.25) is 10.0 Å². The van der Waals surface area contributed by atoms with Gasteiger partial charge < -0.3 is 9.84 Å². The van der Waals surface area contributed by atoms with Gasteiger partial charge in [0.15, 0.2) is 5.92 Å². The van der Waals surface area contributed by atoms with Crippen LogP contribution in [0.4, 0.5) is 21.0 Å². The lowest BCUT2D eigenvalue weighted by atomic mass is 10.0. The zero-order valence-electron chi connectivity index (χ0n) is 16.5. The van der Waals surface area contributed by atoms with Crippen LogP contribution >= 0.6 is 23.2 Å². The van der Waals surface area contributed by atoms with Crippen molar-refractivity contribution in [2.24, 2.45) is 5.92 Å². The molecule has 0 aromatic heterocycles. The van der Waals surface area contributed by atoms with E-state index in [0.717, 1.165) is 4.90 Å². The molecule has 2 aliphatic rings. The molecule has 2 aromatic rings. The van der Waals surface area contributed by atoms with Crippen LogP contribution in [0.25, 0.3) is 0 Å². The normalized spacial score (nSPS) is 18.9. The number of benzene rings is 2. The number of carboxylic acids is 1. The summed E-state index contributed by atoms with van der Waals surface area (Å²) in [4.78, 5) is 53.0. The Labute approximate surface area is 192 Å². The Hall–Kier alpha value is -3.30. The van der Waals surface area contributed by atoms with E-state index in [9.17, 15) is 24.3 Å². The first kappa shape index (κ1) is 21.9. The van der Waals surface area contributed by atoms with Crippen molar-refractivity contribution in [1.29, 1.82) is 0 Å². The van der Waals surface area contributed by atoms with E-state index >= 15 is 0 Å². The molecule has 0 spiro atoms. The first-order valence-corrected chi connectivity index (χ1v) is 10.4. The number of imide groups is 1. The summed E-state index contributed by atoms with van der Waals surface area (Å²) in [5.74, 6) is -3.61. The van der Waals surface area contributed by atoms with Gasteiger partial charge in [-0.2, -0.15) is 0 Å². The molecule has 4 rings (SSSR count). The van der Waals surface area contributed by atoms with E-state index in [1.54, 1.807) is 42.5 Å². The summed E-state index contributed by atoms with van der Waals surface area (Å²) in [6.07, 6.45) is -0.465. The number of hydrogen-bond acceptors (Lipinski definition) is 5. The minimum absolute atomic E-state index is 0.181. The van der Waals surface area contributed by atoms with Crippen molar-refractivity contribution in [2.75, 3.05) is 29.5 Å². The molecule has 2 heterocycles. The number of cyclic esters (lactones) is 1. The summed E-state index contributed by atoms with van der Waals surface area (Å²) in [5.41, 5.74) is 1.37. The molecule has 32 heavy (non-hydrogen) atoms. The standard InChI is InChI=1S/C21H17Cl2N3O6/c22-16-3-1-2-12(17(16)23)10-26-18(27)15(19(28)29)11-25(20(26)30)14-6-4-13(5-7-14)24-8-9-32-21(24)31/h1-7,15H,8-11H2,(H,28,29). The lowest BCUT2D eigenvalue weighted by molar-refractivity contribution is -0.150. The Bertz CT molecular complexity index is 1110. The van der Waals surface area contributed by atoms with Crippen molar-refractivity contribution in [3.8, 4) is 0 Å². The third-order valence-electron chi connectivity index (χ3n) is 5.28. The Morgan fingerprint density at radius 2 is 1.69 bits per heavy atom. The SMILES string of the molecule is O=C(O)C1CN(c2ccc(N3CCOC3=O)cc2)C(=O)N(Cc2cccc(Cl)c2Cl)C1=O. The number of amides is 4. The molecule has 166 valence electrons. The number of rotatable bonds is 5. The van der Waals surface area contributed by atoms with Crippen LogP contribution in [-0.4, -0.2) is 53.7 Å². The molecule has 9 nitrogen and oxygen atoms in total. The molecule has 4 amide bonds. The number of hydrogen-bond donors (Lipinski definition) is 1. The fourth-order valence-electron chi connectivity index (χ4n) is 3.59. The van der Waals surface area contributed by atoms with Crippen molar-refractivity contribution in [3.63, 3.8) is 0 Å². The van der Waals surface area contributed by atoms with Crippen molar-refractivity contribution < 1.29 is 29.0 Å². The predicted octanol–water partition coefficient (Wildman–Crippen LogP) is 3.62. The Morgan fingerprint density at radius 3 is 2.28 bits per heavy atom. The van der Waals surface area contributed by atoms with Crippen LogP contribution in [0.3, 0.4) is 0 Å². The Morgan fingerprint density at radius 1 is 1.03 bits per heavy atom. The number of nitrogens with zero attached hydrogens (tertiary/aromatic N) is 3. The third-order valence-corrected chi connectivity index (χ3v) is 6.14. The number of aliphatic carboxylic acids is 1. The number of anilines is 2. The molecular weight excluding hydrogens is 461 g/mol. The number of urea groups is 1. The minimum atomic E-state index is -1.45. The van der Waals surface area contributed by atoms with Gasteiger partial charge in [-0.05, 0) is 35.9 Å². The second-order valence-electron chi connectivity index (χ2n) is 7.20. The van der Waals surface area contributed by atoms with Crippen LogP contribution in [0.5, 0.6) is 0 Å². The van der Waals surface area contributed by atoms with Gasteiger partial charge in [0.2, 0.25) is 5.91 Å². The number of carbonyl (C=O) groups is 4. The lowest BCUT2D eigenvalue weighted by Gasteiger charge is -2.37. The second-order valence-corrected chi connectivity index (χ2v) is 7.99. The van der Waals surface area contributed by atoms with E-state index in [2.05, 4.69) is 0 Å². The van der Waals surface area contributed by atoms with Gasteiger partial charge in [-0.25, -0.2) is 9.59 Å². The van der Waals surface area contributed by atoms with E-state index in [1.807, 2.05) is 0 Å². The molecule has 1 N–H and O–H groups in total. The molecule has 2 aromatic carbocycles. The van der Waals surface area contributed by atoms with E-state index < -0.39 is 29.9 Å². The summed E-state index contributed by atoms with van der Waals surface area (Å²) in [5, 5.41) is 10.0. The Balaban J connectivity index is 1.64. The second kappa shape index (κ2) is 8.68. The number of ether oxygens (including phenoxy) is 1. The molecule has 0 saturated carbocycles. The highest BCUT2D eigenvalue weighted by Gasteiger charge is 2.43. The maximum atomic E-state index is 13.2. The zero-order valence-corrected chi connectivity index (χ0v) is 18.0. The highest BCUT2D eigenvalue weighted by atomic mass is 35.5. The zero-order chi connectivity index (χ0) is 23.0. The monoisotopic (exact) mass is 477 g/mol. The van der Waals surface area contributed by atoms with Crippen LogP contribution in [0, 0.1) is 5.92 Å². The molecule has 0 aliphatic carbocycles. The predicted molar refractivity (Wildman–Crippen MR) is 116 cm³/mol. The topological polar surface area (TPSA) is 107 Å². The third kappa shape index (κ3) is 3.96. The van der Waals surface area contributed by atoms with Gasteiger partial charge in [-0.3, -0.25) is 24.3 Å². The van der Waals surface area contributed by atoms with Gasteiger partial charge in [-0.15, -0.1) is 0 Å². The van der Waals surface area contributed by atoms with E-state index in [-0.39, 0.29) is 29.7 Å². The fraction of sp³-hybridized carbons (Fsp3) is 0.238. The van der Waals surface area contributed by atoms with Crippen molar-refractivity contribution in [3.05, 3.63) is 58.1 Å². The van der Waals surface area contributed by atoms with Gasteiger partial charge >= 0.3 is 18.1 Å². The Kier molecular flexibility index (Phi) is 5.94.